The van der Waals surface area contributed by atoms with Gasteiger partial charge in [0.1, 0.15) is 12.2 Å². The molecule has 2 fully saturated rings. The van der Waals surface area contributed by atoms with Gasteiger partial charge < -0.3 is 18.9 Å². The van der Waals surface area contributed by atoms with Gasteiger partial charge in [0.15, 0.2) is 5.79 Å². The fourth-order valence-electron chi connectivity index (χ4n) is 3.33. The van der Waals surface area contributed by atoms with Crippen molar-refractivity contribution in [2.75, 3.05) is 13.7 Å². The second kappa shape index (κ2) is 8.16. The van der Waals surface area contributed by atoms with Crippen molar-refractivity contribution in [2.45, 2.75) is 76.7 Å². The molecule has 0 bridgehead atoms. The lowest BCUT2D eigenvalue weighted by atomic mass is 9.91. The van der Waals surface area contributed by atoms with E-state index in [4.69, 9.17) is 24.5 Å². The molecule has 2 rings (SSSR count). The molecule has 0 aromatic carbocycles. The van der Waals surface area contributed by atoms with Gasteiger partial charge in [-0.15, -0.1) is 0 Å². The molecule has 24 heavy (non-hydrogen) atoms. The first-order valence-electron chi connectivity index (χ1n) is 8.50. The number of methoxy groups -OCH3 is 1. The minimum absolute atomic E-state index is 0.0493. The van der Waals surface area contributed by atoms with Crippen LogP contribution in [0.1, 0.15) is 46.5 Å². The summed E-state index contributed by atoms with van der Waals surface area (Å²) >= 11 is 0. The molecule has 0 N–H and O–H groups in total. The van der Waals surface area contributed by atoms with Gasteiger partial charge in [0, 0.05) is 4.91 Å². The monoisotopic (exact) mass is 341 g/mol. The molecule has 0 amide bonds. The molecular formula is C16H27N3O5. The molecule has 0 aromatic rings. The number of nitrogens with zero attached hydrogens (tertiary/aromatic N) is 3. The lowest BCUT2D eigenvalue weighted by molar-refractivity contribution is -0.147. The fourth-order valence-corrected chi connectivity index (χ4v) is 3.33. The molecule has 2 aliphatic heterocycles. The van der Waals surface area contributed by atoms with E-state index in [-0.39, 0.29) is 42.8 Å². The van der Waals surface area contributed by atoms with E-state index < -0.39 is 5.79 Å². The quantitative estimate of drug-likeness (QED) is 0.211. The predicted octanol–water partition coefficient (Wildman–Crippen LogP) is 2.95. The average molecular weight is 341 g/mol. The van der Waals surface area contributed by atoms with E-state index in [1.165, 1.54) is 7.11 Å². The second-order valence-corrected chi connectivity index (χ2v) is 6.80. The van der Waals surface area contributed by atoms with Crippen LogP contribution < -0.4 is 0 Å². The number of rotatable bonds is 9. The van der Waals surface area contributed by atoms with Crippen molar-refractivity contribution in [2.24, 2.45) is 11.0 Å². The van der Waals surface area contributed by atoms with E-state index in [2.05, 4.69) is 16.9 Å². The first-order chi connectivity index (χ1) is 11.4. The van der Waals surface area contributed by atoms with Crippen molar-refractivity contribution in [3.63, 3.8) is 0 Å². The minimum atomic E-state index is -0.738. The maximum Gasteiger partial charge on any atom is 0.305 e. The van der Waals surface area contributed by atoms with Crippen LogP contribution in [0.25, 0.3) is 10.4 Å². The van der Waals surface area contributed by atoms with Gasteiger partial charge >= 0.3 is 5.97 Å². The number of carbonyl (C=O) groups is 1. The van der Waals surface area contributed by atoms with Crippen molar-refractivity contribution in [1.82, 2.24) is 0 Å². The Morgan fingerprint density at radius 3 is 2.75 bits per heavy atom. The van der Waals surface area contributed by atoms with Crippen molar-refractivity contribution in [3.05, 3.63) is 10.4 Å². The molecular weight excluding hydrogens is 314 g/mol. The van der Waals surface area contributed by atoms with E-state index in [9.17, 15) is 4.79 Å². The molecule has 136 valence electrons. The SMILES string of the molecule is CCCCC(CC(=O)OC)C1OC1C1OC(C)(C)OC1CN=[N+]=[N-]. The number of hydrogen-bond donors (Lipinski definition) is 0. The number of carbonyl (C=O) groups excluding carboxylic acids is 1. The van der Waals surface area contributed by atoms with Gasteiger partial charge in [0.05, 0.1) is 32.3 Å². The maximum absolute atomic E-state index is 11.7. The molecule has 5 unspecified atom stereocenters. The Hall–Kier alpha value is -1.34. The lowest BCUT2D eigenvalue weighted by Gasteiger charge is -2.17. The second-order valence-electron chi connectivity index (χ2n) is 6.80. The molecule has 8 heteroatoms. The number of hydrogen-bond acceptors (Lipinski definition) is 6. The highest BCUT2D eigenvalue weighted by atomic mass is 16.8. The summed E-state index contributed by atoms with van der Waals surface area (Å²) < 4.78 is 22.4. The van der Waals surface area contributed by atoms with Gasteiger partial charge in [0.2, 0.25) is 0 Å². The fraction of sp³-hybridized carbons (Fsp3) is 0.938. The summed E-state index contributed by atoms with van der Waals surface area (Å²) in [5.41, 5.74) is 8.54. The Balaban J connectivity index is 2.01. The zero-order valence-electron chi connectivity index (χ0n) is 14.8. The summed E-state index contributed by atoms with van der Waals surface area (Å²) in [6.07, 6.45) is 2.52. The number of azide groups is 1. The molecule has 0 spiro atoms. The summed E-state index contributed by atoms with van der Waals surface area (Å²) in [5.74, 6) is -0.854. The zero-order valence-corrected chi connectivity index (χ0v) is 14.8. The molecule has 0 aromatic heterocycles. The van der Waals surface area contributed by atoms with E-state index in [0.717, 1.165) is 19.3 Å². The zero-order chi connectivity index (χ0) is 17.7. The highest BCUT2D eigenvalue weighted by Crippen LogP contribution is 2.43. The summed E-state index contributed by atoms with van der Waals surface area (Å²) in [5, 5.41) is 3.61. The maximum atomic E-state index is 11.7. The smallest absolute Gasteiger partial charge is 0.305 e. The molecule has 0 aliphatic carbocycles. The average Bonchev–Trinajstić information content (AvgIpc) is 3.27. The van der Waals surface area contributed by atoms with Gasteiger partial charge in [-0.3, -0.25) is 4.79 Å². The van der Waals surface area contributed by atoms with E-state index in [1.807, 2.05) is 13.8 Å². The number of esters is 1. The highest BCUT2D eigenvalue weighted by molar-refractivity contribution is 5.69. The Bertz CT molecular complexity index is 492. The van der Waals surface area contributed by atoms with Crippen LogP contribution in [0.4, 0.5) is 0 Å². The normalized spacial score (nSPS) is 32.0. The van der Waals surface area contributed by atoms with Gasteiger partial charge in [-0.1, -0.05) is 24.9 Å². The Kier molecular flexibility index (Phi) is 6.46. The minimum Gasteiger partial charge on any atom is -0.469 e. The van der Waals surface area contributed by atoms with Crippen molar-refractivity contribution >= 4 is 5.97 Å². The number of ether oxygens (including phenoxy) is 4. The Morgan fingerprint density at radius 1 is 1.38 bits per heavy atom. The van der Waals surface area contributed by atoms with Crippen LogP contribution >= 0.6 is 0 Å². The molecule has 2 aliphatic rings. The molecule has 8 nitrogen and oxygen atoms in total. The van der Waals surface area contributed by atoms with Crippen LogP contribution in [0.15, 0.2) is 5.11 Å². The molecule has 0 saturated carbocycles. The molecule has 2 heterocycles. The van der Waals surface area contributed by atoms with Crippen LogP contribution in [0, 0.1) is 5.92 Å². The third kappa shape index (κ3) is 4.83. The van der Waals surface area contributed by atoms with Crippen molar-refractivity contribution < 1.29 is 23.7 Å². The first kappa shape index (κ1) is 19.0. The molecule has 0 radical (unpaired) electrons. The van der Waals surface area contributed by atoms with Gasteiger partial charge in [0.25, 0.3) is 0 Å². The third-order valence-corrected chi connectivity index (χ3v) is 4.48. The van der Waals surface area contributed by atoms with Crippen LogP contribution in [-0.2, 0) is 23.7 Å². The van der Waals surface area contributed by atoms with E-state index >= 15 is 0 Å². The molecule has 5 atom stereocenters. The predicted molar refractivity (Wildman–Crippen MR) is 86.1 cm³/mol. The summed E-state index contributed by atoms with van der Waals surface area (Å²) in [6, 6.07) is 0. The van der Waals surface area contributed by atoms with Gasteiger partial charge in [-0.05, 0) is 31.7 Å². The third-order valence-electron chi connectivity index (χ3n) is 4.48. The van der Waals surface area contributed by atoms with E-state index in [0.29, 0.717) is 6.42 Å². The van der Waals surface area contributed by atoms with E-state index in [1.54, 1.807) is 0 Å². The first-order valence-corrected chi connectivity index (χ1v) is 8.50. The largest absolute Gasteiger partial charge is 0.469 e. The highest BCUT2D eigenvalue weighted by Gasteiger charge is 2.57. The van der Waals surface area contributed by atoms with Crippen LogP contribution in [0.2, 0.25) is 0 Å². The summed E-state index contributed by atoms with van der Waals surface area (Å²) in [6.45, 7) is 5.98. The van der Waals surface area contributed by atoms with Crippen molar-refractivity contribution in [1.29, 1.82) is 0 Å². The van der Waals surface area contributed by atoms with Crippen LogP contribution in [0.5, 0.6) is 0 Å². The standard InChI is InChI=1S/C16H27N3O5/c1-5-6-7-10(8-12(20)21-4)13-15(22-13)14-11(9-18-19-17)23-16(2,3)24-14/h10-11,13-15H,5-9H2,1-4H3. The topological polar surface area (TPSA) is 106 Å². The number of epoxide rings is 1. The number of unbranched alkanes of at least 4 members (excludes halogenated alkanes) is 1. The van der Waals surface area contributed by atoms with Gasteiger partial charge in [-0.2, -0.15) is 0 Å². The summed E-state index contributed by atoms with van der Waals surface area (Å²) in [4.78, 5) is 14.5. The Morgan fingerprint density at radius 2 is 2.12 bits per heavy atom. The van der Waals surface area contributed by atoms with Crippen LogP contribution in [0.3, 0.4) is 0 Å². The molecule has 2 saturated heterocycles. The van der Waals surface area contributed by atoms with Gasteiger partial charge in [-0.25, -0.2) is 0 Å². The summed E-state index contributed by atoms with van der Waals surface area (Å²) in [7, 11) is 1.40. The van der Waals surface area contributed by atoms with Crippen molar-refractivity contribution in [3.8, 4) is 0 Å². The van der Waals surface area contributed by atoms with Crippen LogP contribution in [-0.4, -0.2) is 49.8 Å². The Labute approximate surface area is 142 Å². The lowest BCUT2D eigenvalue weighted by Crippen LogP contribution is -2.33.